The van der Waals surface area contributed by atoms with Gasteiger partial charge in [-0.3, -0.25) is 4.79 Å². The topological polar surface area (TPSA) is 53.1 Å². The number of hydrogen-bond acceptors (Lipinski definition) is 2. The monoisotopic (exact) mass is 255 g/mol. The van der Waals surface area contributed by atoms with Crippen LogP contribution in [0, 0.1) is 5.82 Å². The van der Waals surface area contributed by atoms with Crippen LogP contribution in [0.25, 0.3) is 22.2 Å². The Morgan fingerprint density at radius 3 is 2.47 bits per heavy atom. The van der Waals surface area contributed by atoms with Gasteiger partial charge in [-0.1, -0.05) is 0 Å². The van der Waals surface area contributed by atoms with E-state index in [-0.39, 0.29) is 11.2 Å². The molecule has 0 aliphatic heterocycles. The van der Waals surface area contributed by atoms with Gasteiger partial charge in [0.2, 0.25) is 0 Å². The summed E-state index contributed by atoms with van der Waals surface area (Å²) in [6.07, 6.45) is 0. The minimum absolute atomic E-state index is 0.161. The lowest BCUT2D eigenvalue weighted by atomic mass is 10.1. The zero-order valence-corrected chi connectivity index (χ0v) is 9.85. The lowest BCUT2D eigenvalue weighted by molar-refractivity contribution is 0.475. The van der Waals surface area contributed by atoms with E-state index in [1.165, 1.54) is 24.3 Å². The number of H-pyrrole nitrogens is 1. The Bertz CT molecular complexity index is 806. The molecule has 0 amide bonds. The maximum Gasteiger partial charge on any atom is 0.190 e. The first-order valence-electron chi connectivity index (χ1n) is 5.75. The van der Waals surface area contributed by atoms with Crippen molar-refractivity contribution in [3.05, 3.63) is 64.6 Å². The largest absolute Gasteiger partial charge is 0.508 e. The van der Waals surface area contributed by atoms with Crippen molar-refractivity contribution in [2.75, 3.05) is 0 Å². The molecule has 1 heterocycles. The smallest absolute Gasteiger partial charge is 0.190 e. The number of benzene rings is 2. The predicted molar refractivity (Wildman–Crippen MR) is 71.6 cm³/mol. The van der Waals surface area contributed by atoms with E-state index in [2.05, 4.69) is 4.98 Å². The average Bonchev–Trinajstić information content (AvgIpc) is 2.40. The molecule has 3 nitrogen and oxygen atoms in total. The standard InChI is InChI=1S/C15H10FNO2/c16-10-3-6-13-12(7-10)15(19)8-14(17-13)9-1-4-11(18)5-2-9/h1-8,18H,(H,17,19). The Hall–Kier alpha value is -2.62. The summed E-state index contributed by atoms with van der Waals surface area (Å²) in [7, 11) is 0. The van der Waals surface area contributed by atoms with Crippen molar-refractivity contribution in [1.29, 1.82) is 0 Å². The zero-order chi connectivity index (χ0) is 13.4. The molecule has 0 unspecified atom stereocenters. The van der Waals surface area contributed by atoms with Crippen molar-refractivity contribution >= 4 is 10.9 Å². The molecule has 0 saturated heterocycles. The third kappa shape index (κ3) is 2.08. The molecule has 3 rings (SSSR count). The molecule has 19 heavy (non-hydrogen) atoms. The van der Waals surface area contributed by atoms with Gasteiger partial charge in [0.05, 0.1) is 0 Å². The van der Waals surface area contributed by atoms with Gasteiger partial charge in [-0.25, -0.2) is 4.39 Å². The Morgan fingerprint density at radius 2 is 1.74 bits per heavy atom. The van der Waals surface area contributed by atoms with Crippen LogP contribution in [0.4, 0.5) is 4.39 Å². The van der Waals surface area contributed by atoms with Crippen LogP contribution in [0.3, 0.4) is 0 Å². The molecule has 0 saturated carbocycles. The van der Waals surface area contributed by atoms with Crippen molar-refractivity contribution in [1.82, 2.24) is 4.98 Å². The highest BCUT2D eigenvalue weighted by molar-refractivity contribution is 5.81. The van der Waals surface area contributed by atoms with Crippen LogP contribution in [-0.2, 0) is 0 Å². The summed E-state index contributed by atoms with van der Waals surface area (Å²) in [6.45, 7) is 0. The summed E-state index contributed by atoms with van der Waals surface area (Å²) in [5.74, 6) is -0.274. The number of nitrogens with one attached hydrogen (secondary N) is 1. The summed E-state index contributed by atoms with van der Waals surface area (Å²) in [5, 5.41) is 9.57. The van der Waals surface area contributed by atoms with Crippen molar-refractivity contribution in [3.63, 3.8) is 0 Å². The second kappa shape index (κ2) is 4.24. The van der Waals surface area contributed by atoms with Crippen LogP contribution in [-0.4, -0.2) is 10.1 Å². The van der Waals surface area contributed by atoms with Gasteiger partial charge in [-0.15, -0.1) is 0 Å². The molecule has 2 aromatic carbocycles. The molecule has 0 bridgehead atoms. The molecule has 0 aliphatic rings. The summed E-state index contributed by atoms with van der Waals surface area (Å²) < 4.78 is 13.1. The summed E-state index contributed by atoms with van der Waals surface area (Å²) in [6, 6.07) is 12.0. The third-order valence-corrected chi connectivity index (χ3v) is 2.97. The van der Waals surface area contributed by atoms with Gasteiger partial charge < -0.3 is 10.1 Å². The van der Waals surface area contributed by atoms with E-state index in [9.17, 15) is 14.3 Å². The highest BCUT2D eigenvalue weighted by Gasteiger charge is 2.05. The molecule has 3 aromatic rings. The fraction of sp³-hybridized carbons (Fsp3) is 0. The first-order valence-corrected chi connectivity index (χ1v) is 5.75. The lowest BCUT2D eigenvalue weighted by Crippen LogP contribution is -2.03. The number of phenolic OH excluding ortho intramolecular Hbond substituents is 1. The van der Waals surface area contributed by atoms with Gasteiger partial charge in [-0.05, 0) is 48.0 Å². The maximum atomic E-state index is 13.1. The number of aromatic nitrogens is 1. The SMILES string of the molecule is O=c1cc(-c2ccc(O)cc2)[nH]c2ccc(F)cc12. The Labute approximate surface area is 108 Å². The van der Waals surface area contributed by atoms with Crippen LogP contribution in [0.5, 0.6) is 5.75 Å². The molecule has 94 valence electrons. The fourth-order valence-corrected chi connectivity index (χ4v) is 2.02. The van der Waals surface area contributed by atoms with Crippen molar-refractivity contribution in [2.24, 2.45) is 0 Å². The van der Waals surface area contributed by atoms with E-state index >= 15 is 0 Å². The van der Waals surface area contributed by atoms with Gasteiger partial charge in [0, 0.05) is 22.7 Å². The molecule has 2 N–H and O–H groups in total. The minimum atomic E-state index is -0.435. The molecular weight excluding hydrogens is 245 g/mol. The van der Waals surface area contributed by atoms with Crippen LogP contribution in [0.1, 0.15) is 0 Å². The normalized spacial score (nSPS) is 10.8. The van der Waals surface area contributed by atoms with E-state index in [1.807, 2.05) is 0 Å². The number of pyridine rings is 1. The number of hydrogen-bond donors (Lipinski definition) is 2. The maximum absolute atomic E-state index is 13.1. The van der Waals surface area contributed by atoms with Gasteiger partial charge in [0.15, 0.2) is 5.43 Å². The Morgan fingerprint density at radius 1 is 1.00 bits per heavy atom. The molecule has 0 aliphatic carbocycles. The molecule has 0 atom stereocenters. The van der Waals surface area contributed by atoms with Crippen LogP contribution in [0.15, 0.2) is 53.3 Å². The Balaban J connectivity index is 2.24. The lowest BCUT2D eigenvalue weighted by Gasteiger charge is -2.05. The van der Waals surface area contributed by atoms with Crippen LogP contribution in [0.2, 0.25) is 0 Å². The average molecular weight is 255 g/mol. The van der Waals surface area contributed by atoms with E-state index < -0.39 is 5.82 Å². The minimum Gasteiger partial charge on any atom is -0.508 e. The van der Waals surface area contributed by atoms with Crippen LogP contribution < -0.4 is 5.43 Å². The molecule has 0 radical (unpaired) electrons. The van der Waals surface area contributed by atoms with Gasteiger partial charge in [0.1, 0.15) is 11.6 Å². The van der Waals surface area contributed by atoms with Gasteiger partial charge >= 0.3 is 0 Å². The summed E-state index contributed by atoms with van der Waals surface area (Å²) >= 11 is 0. The molecule has 4 heteroatoms. The first-order chi connectivity index (χ1) is 9.13. The fourth-order valence-electron chi connectivity index (χ4n) is 2.02. The highest BCUT2D eigenvalue weighted by atomic mass is 19.1. The number of aromatic hydroxyl groups is 1. The molecule has 1 aromatic heterocycles. The van der Waals surface area contributed by atoms with Gasteiger partial charge in [-0.2, -0.15) is 0 Å². The quantitative estimate of drug-likeness (QED) is 0.702. The zero-order valence-electron chi connectivity index (χ0n) is 9.85. The summed E-state index contributed by atoms with van der Waals surface area (Å²) in [5.41, 5.74) is 1.75. The number of fused-ring (bicyclic) bond motifs is 1. The summed E-state index contributed by atoms with van der Waals surface area (Å²) in [4.78, 5) is 15.0. The third-order valence-electron chi connectivity index (χ3n) is 2.97. The second-order valence-corrected chi connectivity index (χ2v) is 4.28. The Kier molecular flexibility index (Phi) is 2.56. The molecule has 0 fully saturated rings. The highest BCUT2D eigenvalue weighted by Crippen LogP contribution is 2.21. The predicted octanol–water partition coefficient (Wildman–Crippen LogP) is 3.04. The van der Waals surface area contributed by atoms with Crippen molar-refractivity contribution in [3.8, 4) is 17.0 Å². The number of rotatable bonds is 1. The second-order valence-electron chi connectivity index (χ2n) is 4.28. The van der Waals surface area contributed by atoms with E-state index in [0.29, 0.717) is 16.6 Å². The van der Waals surface area contributed by atoms with E-state index in [0.717, 1.165) is 5.56 Å². The number of halogens is 1. The van der Waals surface area contributed by atoms with Crippen LogP contribution >= 0.6 is 0 Å². The number of aromatic amines is 1. The van der Waals surface area contributed by atoms with Crippen molar-refractivity contribution < 1.29 is 9.50 Å². The first kappa shape index (κ1) is 11.5. The molecular formula is C15H10FNO2. The molecule has 0 spiro atoms. The van der Waals surface area contributed by atoms with Gasteiger partial charge in [0.25, 0.3) is 0 Å². The van der Waals surface area contributed by atoms with E-state index in [4.69, 9.17) is 0 Å². The van der Waals surface area contributed by atoms with E-state index in [1.54, 1.807) is 24.3 Å². The van der Waals surface area contributed by atoms with Crippen molar-refractivity contribution in [2.45, 2.75) is 0 Å². The number of phenols is 1.